The molecule has 6 heteroatoms. The third-order valence-corrected chi connectivity index (χ3v) is 6.16. The quantitative estimate of drug-likeness (QED) is 0.864. The molecule has 1 aliphatic heterocycles. The van der Waals surface area contributed by atoms with Crippen LogP contribution in [0, 0.1) is 12.8 Å². The molecule has 110 valence electrons. The molecule has 0 radical (unpaired) electrons. The van der Waals surface area contributed by atoms with Gasteiger partial charge in [0.1, 0.15) is 4.99 Å². The van der Waals surface area contributed by atoms with Crippen molar-refractivity contribution in [3.63, 3.8) is 0 Å². The zero-order chi connectivity index (χ0) is 14.9. The summed E-state index contributed by atoms with van der Waals surface area (Å²) in [5.41, 5.74) is 6.92. The van der Waals surface area contributed by atoms with Gasteiger partial charge in [0.15, 0.2) is 0 Å². The lowest BCUT2D eigenvalue weighted by Gasteiger charge is -2.18. The number of aryl methyl sites for hydroxylation is 1. The molecule has 0 spiro atoms. The summed E-state index contributed by atoms with van der Waals surface area (Å²) in [6.07, 6.45) is 1.95. The highest BCUT2D eigenvalue weighted by atomic mass is 32.2. The maximum absolute atomic E-state index is 12.7. The summed E-state index contributed by atoms with van der Waals surface area (Å²) < 4.78 is 27.0. The Morgan fingerprint density at radius 1 is 1.50 bits per heavy atom. The SMILES string of the molecule is CCC1CCN(S(=O)(=O)c2cc(C(N)=S)ccc2C)C1. The first-order chi connectivity index (χ1) is 9.36. The topological polar surface area (TPSA) is 63.4 Å². The van der Waals surface area contributed by atoms with Crippen LogP contribution in [0.3, 0.4) is 0 Å². The fourth-order valence-electron chi connectivity index (χ4n) is 2.52. The first kappa shape index (κ1) is 15.4. The summed E-state index contributed by atoms with van der Waals surface area (Å²) >= 11 is 4.93. The van der Waals surface area contributed by atoms with E-state index in [2.05, 4.69) is 6.92 Å². The van der Waals surface area contributed by atoms with Crippen LogP contribution in [0.15, 0.2) is 23.1 Å². The first-order valence-corrected chi connectivity index (χ1v) is 8.61. The lowest BCUT2D eigenvalue weighted by molar-refractivity contribution is 0.452. The minimum atomic E-state index is -3.45. The van der Waals surface area contributed by atoms with Crippen molar-refractivity contribution in [3.8, 4) is 0 Å². The Hall–Kier alpha value is -0.980. The van der Waals surface area contributed by atoms with Crippen molar-refractivity contribution in [2.45, 2.75) is 31.6 Å². The van der Waals surface area contributed by atoms with Gasteiger partial charge in [-0.1, -0.05) is 37.7 Å². The average Bonchev–Trinajstić information content (AvgIpc) is 2.88. The number of thiocarbonyl (C=S) groups is 1. The third-order valence-electron chi connectivity index (χ3n) is 3.92. The fourth-order valence-corrected chi connectivity index (χ4v) is 4.43. The summed E-state index contributed by atoms with van der Waals surface area (Å²) in [6, 6.07) is 5.11. The predicted molar refractivity (Wildman–Crippen MR) is 84.2 cm³/mol. The second-order valence-corrected chi connectivity index (χ2v) is 7.62. The molecule has 1 atom stereocenters. The lowest BCUT2D eigenvalue weighted by atomic mass is 10.1. The van der Waals surface area contributed by atoms with Crippen LogP contribution in [0.25, 0.3) is 0 Å². The zero-order valence-corrected chi connectivity index (χ0v) is 13.4. The van der Waals surface area contributed by atoms with Crippen molar-refractivity contribution in [1.29, 1.82) is 0 Å². The van der Waals surface area contributed by atoms with Gasteiger partial charge in [-0.25, -0.2) is 8.42 Å². The molecule has 0 aromatic heterocycles. The summed E-state index contributed by atoms with van der Waals surface area (Å²) in [4.78, 5) is 0.536. The Bertz CT molecular complexity index is 626. The molecule has 20 heavy (non-hydrogen) atoms. The van der Waals surface area contributed by atoms with Crippen molar-refractivity contribution < 1.29 is 8.42 Å². The molecule has 1 unspecified atom stereocenters. The van der Waals surface area contributed by atoms with Crippen LogP contribution in [0.2, 0.25) is 0 Å². The van der Waals surface area contributed by atoms with Crippen molar-refractivity contribution >= 4 is 27.2 Å². The number of nitrogens with two attached hydrogens (primary N) is 1. The maximum Gasteiger partial charge on any atom is 0.243 e. The van der Waals surface area contributed by atoms with E-state index in [0.717, 1.165) is 18.4 Å². The van der Waals surface area contributed by atoms with E-state index in [9.17, 15) is 8.42 Å². The number of hydrogen-bond donors (Lipinski definition) is 1. The monoisotopic (exact) mass is 312 g/mol. The average molecular weight is 312 g/mol. The summed E-state index contributed by atoms with van der Waals surface area (Å²) in [5.74, 6) is 0.462. The van der Waals surface area contributed by atoms with Gasteiger partial charge in [0.2, 0.25) is 10.0 Å². The van der Waals surface area contributed by atoms with Crippen LogP contribution in [0.4, 0.5) is 0 Å². The Labute approximate surface area is 126 Å². The maximum atomic E-state index is 12.7. The van der Waals surface area contributed by atoms with E-state index in [-0.39, 0.29) is 4.99 Å². The molecule has 4 nitrogen and oxygen atoms in total. The summed E-state index contributed by atoms with van der Waals surface area (Å²) in [5, 5.41) is 0. The Morgan fingerprint density at radius 2 is 2.20 bits per heavy atom. The highest BCUT2D eigenvalue weighted by Gasteiger charge is 2.32. The molecule has 0 amide bonds. The standard InChI is InChI=1S/C14H20N2O2S2/c1-3-11-6-7-16(9-11)20(17,18)13-8-12(14(15)19)5-4-10(13)2/h4-5,8,11H,3,6-7,9H2,1-2H3,(H2,15,19). The van der Waals surface area contributed by atoms with Crippen molar-refractivity contribution in [2.24, 2.45) is 11.7 Å². The molecule has 1 saturated heterocycles. The minimum absolute atomic E-state index is 0.217. The molecule has 1 aromatic carbocycles. The van der Waals surface area contributed by atoms with Gasteiger partial charge in [0.05, 0.1) is 4.90 Å². The molecular formula is C14H20N2O2S2. The second-order valence-electron chi connectivity index (χ2n) is 5.27. The molecule has 1 heterocycles. The van der Waals surface area contributed by atoms with Gasteiger partial charge in [0, 0.05) is 18.7 Å². The van der Waals surface area contributed by atoms with Crippen molar-refractivity contribution in [3.05, 3.63) is 29.3 Å². The molecule has 0 bridgehead atoms. The Morgan fingerprint density at radius 3 is 2.75 bits per heavy atom. The van der Waals surface area contributed by atoms with Crippen molar-refractivity contribution in [1.82, 2.24) is 4.31 Å². The van der Waals surface area contributed by atoms with Gasteiger partial charge >= 0.3 is 0 Å². The minimum Gasteiger partial charge on any atom is -0.389 e. The first-order valence-electron chi connectivity index (χ1n) is 6.77. The predicted octanol–water partition coefficient (Wildman–Crippen LogP) is 2.05. The van der Waals surface area contributed by atoms with Crippen LogP contribution in [-0.2, 0) is 10.0 Å². The number of nitrogens with zero attached hydrogens (tertiary/aromatic N) is 1. The Kier molecular flexibility index (Phi) is 4.46. The van der Waals surface area contributed by atoms with Crippen LogP contribution in [0.5, 0.6) is 0 Å². The molecule has 1 fully saturated rings. The molecule has 1 aromatic rings. The van der Waals surface area contributed by atoms with Gasteiger partial charge in [-0.05, 0) is 30.9 Å². The van der Waals surface area contributed by atoms with E-state index >= 15 is 0 Å². The van der Waals surface area contributed by atoms with E-state index in [1.54, 1.807) is 29.4 Å². The van der Waals surface area contributed by atoms with E-state index in [1.165, 1.54) is 0 Å². The highest BCUT2D eigenvalue weighted by molar-refractivity contribution is 7.89. The van der Waals surface area contributed by atoms with Gasteiger partial charge in [-0.2, -0.15) is 4.31 Å². The van der Waals surface area contributed by atoms with Gasteiger partial charge in [-0.3, -0.25) is 0 Å². The summed E-state index contributed by atoms with van der Waals surface area (Å²) in [7, 11) is -3.45. The molecule has 0 aliphatic carbocycles. The summed E-state index contributed by atoms with van der Waals surface area (Å²) in [6.45, 7) is 5.09. The molecule has 0 saturated carbocycles. The van der Waals surface area contributed by atoms with Crippen molar-refractivity contribution in [2.75, 3.05) is 13.1 Å². The Balaban J connectivity index is 2.39. The fraction of sp³-hybridized carbons (Fsp3) is 0.500. The van der Waals surface area contributed by atoms with Crippen LogP contribution >= 0.6 is 12.2 Å². The molecule has 2 N–H and O–H groups in total. The normalized spacial score (nSPS) is 20.2. The third kappa shape index (κ3) is 2.87. The number of hydrogen-bond acceptors (Lipinski definition) is 3. The number of rotatable bonds is 4. The van der Waals surface area contributed by atoms with Gasteiger partial charge in [-0.15, -0.1) is 0 Å². The van der Waals surface area contributed by atoms with Gasteiger partial charge in [0.25, 0.3) is 0 Å². The van der Waals surface area contributed by atoms with Gasteiger partial charge < -0.3 is 5.73 Å². The van der Waals surface area contributed by atoms with Crippen LogP contribution in [0.1, 0.15) is 30.9 Å². The largest absolute Gasteiger partial charge is 0.389 e. The van der Waals surface area contributed by atoms with Crippen LogP contribution < -0.4 is 5.73 Å². The van der Waals surface area contributed by atoms with E-state index in [0.29, 0.717) is 29.5 Å². The molecule has 2 rings (SSSR count). The van der Waals surface area contributed by atoms with Crippen LogP contribution in [-0.4, -0.2) is 30.8 Å². The molecule has 1 aliphatic rings. The van der Waals surface area contributed by atoms with E-state index < -0.39 is 10.0 Å². The number of benzene rings is 1. The lowest BCUT2D eigenvalue weighted by Crippen LogP contribution is -2.29. The number of sulfonamides is 1. The molecular weight excluding hydrogens is 292 g/mol. The zero-order valence-electron chi connectivity index (χ0n) is 11.8. The van der Waals surface area contributed by atoms with E-state index in [1.807, 2.05) is 0 Å². The van der Waals surface area contributed by atoms with E-state index in [4.69, 9.17) is 18.0 Å². The smallest absolute Gasteiger partial charge is 0.243 e. The second kappa shape index (κ2) is 5.79. The highest BCUT2D eigenvalue weighted by Crippen LogP contribution is 2.28.